The molecule has 0 bridgehead atoms. The van der Waals surface area contributed by atoms with Gasteiger partial charge in [0.15, 0.2) is 18.1 Å². The first-order valence-corrected chi connectivity index (χ1v) is 11.3. The fourth-order valence-electron chi connectivity index (χ4n) is 2.84. The van der Waals surface area contributed by atoms with E-state index in [1.165, 1.54) is 35.7 Å². The third kappa shape index (κ3) is 6.56. The summed E-state index contributed by atoms with van der Waals surface area (Å²) in [7, 11) is -2.08. The van der Waals surface area contributed by atoms with Gasteiger partial charge < -0.3 is 20.5 Å². The highest BCUT2D eigenvalue weighted by atomic mass is 32.2. The molecule has 0 atom stereocenters. The van der Waals surface area contributed by atoms with E-state index in [9.17, 15) is 18.0 Å². The largest absolute Gasteiger partial charge is 0.493 e. The van der Waals surface area contributed by atoms with Crippen LogP contribution in [-0.4, -0.2) is 51.3 Å². The van der Waals surface area contributed by atoms with E-state index in [0.29, 0.717) is 30.1 Å². The maximum atomic E-state index is 12.5. The summed E-state index contributed by atoms with van der Waals surface area (Å²) in [5.74, 6) is -0.395. The number of rotatable bonds is 11. The van der Waals surface area contributed by atoms with E-state index < -0.39 is 21.8 Å². The van der Waals surface area contributed by atoms with E-state index in [0.717, 1.165) is 0 Å². The summed E-state index contributed by atoms with van der Waals surface area (Å²) in [5.41, 5.74) is 6.18. The molecule has 2 amide bonds. The average molecular weight is 462 g/mol. The monoisotopic (exact) mass is 461 g/mol. The molecule has 3 N–H and O–H groups in total. The summed E-state index contributed by atoms with van der Waals surface area (Å²) in [6, 6.07) is 11.0. The Morgan fingerprint density at radius 1 is 1.06 bits per heavy atom. The minimum Gasteiger partial charge on any atom is -0.493 e. The van der Waals surface area contributed by atoms with Gasteiger partial charge in [-0.05, 0) is 35.9 Å². The first-order valence-electron chi connectivity index (χ1n) is 9.89. The number of hydrogen-bond acceptors (Lipinski definition) is 6. The summed E-state index contributed by atoms with van der Waals surface area (Å²) in [6.45, 7) is 4.02. The van der Waals surface area contributed by atoms with Gasteiger partial charge in [-0.15, -0.1) is 0 Å². The second-order valence-electron chi connectivity index (χ2n) is 6.60. The number of carbonyl (C=O) groups excluding carboxylic acids is 2. The second-order valence-corrected chi connectivity index (χ2v) is 8.54. The molecule has 10 heteroatoms. The zero-order valence-electron chi connectivity index (χ0n) is 18.2. The minimum absolute atomic E-state index is 0.199. The van der Waals surface area contributed by atoms with Crippen LogP contribution in [0.25, 0.3) is 6.08 Å². The molecule has 32 heavy (non-hydrogen) atoms. The van der Waals surface area contributed by atoms with Crippen LogP contribution in [0.2, 0.25) is 0 Å². The van der Waals surface area contributed by atoms with Crippen molar-refractivity contribution >= 4 is 33.6 Å². The van der Waals surface area contributed by atoms with Gasteiger partial charge in [0.25, 0.3) is 5.91 Å². The lowest BCUT2D eigenvalue weighted by Gasteiger charge is -2.18. The molecule has 0 saturated heterocycles. The van der Waals surface area contributed by atoms with E-state index >= 15 is 0 Å². The van der Waals surface area contributed by atoms with Crippen LogP contribution in [0.3, 0.4) is 0 Å². The van der Waals surface area contributed by atoms with E-state index in [2.05, 4.69) is 5.32 Å². The lowest BCUT2D eigenvalue weighted by atomic mass is 10.2. The van der Waals surface area contributed by atoms with Crippen molar-refractivity contribution in [3.05, 3.63) is 54.1 Å². The SMILES string of the molecule is CCN(CC)S(=O)(=O)c1ccc(/C=C/C(=O)Nc2ccc(OC)c(OCC(N)=O)c2)cc1. The van der Waals surface area contributed by atoms with Crippen LogP contribution in [0.1, 0.15) is 19.4 Å². The molecule has 0 heterocycles. The molecule has 0 aliphatic carbocycles. The zero-order valence-corrected chi connectivity index (χ0v) is 19.0. The number of sulfonamides is 1. The van der Waals surface area contributed by atoms with Gasteiger partial charge in [0, 0.05) is 30.9 Å². The van der Waals surface area contributed by atoms with Gasteiger partial charge in [-0.1, -0.05) is 26.0 Å². The third-order valence-electron chi connectivity index (χ3n) is 4.45. The molecule has 0 spiro atoms. The molecule has 2 aromatic rings. The number of benzene rings is 2. The van der Waals surface area contributed by atoms with E-state index in [1.807, 2.05) is 0 Å². The number of amides is 2. The number of hydrogen-bond donors (Lipinski definition) is 2. The van der Waals surface area contributed by atoms with E-state index in [1.54, 1.807) is 44.2 Å². The highest BCUT2D eigenvalue weighted by molar-refractivity contribution is 7.89. The molecule has 0 aliphatic rings. The Bertz CT molecular complexity index is 1080. The maximum absolute atomic E-state index is 12.5. The van der Waals surface area contributed by atoms with Crippen LogP contribution >= 0.6 is 0 Å². The number of nitrogens with zero attached hydrogens (tertiary/aromatic N) is 1. The number of carbonyl (C=O) groups is 2. The molecular weight excluding hydrogens is 434 g/mol. The lowest BCUT2D eigenvalue weighted by molar-refractivity contribution is -0.120. The quantitative estimate of drug-likeness (QED) is 0.494. The Balaban J connectivity index is 2.08. The molecule has 9 nitrogen and oxygen atoms in total. The van der Waals surface area contributed by atoms with Crippen LogP contribution in [0.5, 0.6) is 11.5 Å². The Kier molecular flexibility index (Phi) is 8.80. The van der Waals surface area contributed by atoms with Gasteiger partial charge in [-0.25, -0.2) is 8.42 Å². The predicted octanol–water partition coefficient (Wildman–Crippen LogP) is 2.24. The van der Waals surface area contributed by atoms with Crippen molar-refractivity contribution in [3.63, 3.8) is 0 Å². The molecule has 0 aliphatic heterocycles. The van der Waals surface area contributed by atoms with Gasteiger partial charge in [0.05, 0.1) is 12.0 Å². The molecule has 0 fully saturated rings. The van der Waals surface area contributed by atoms with Crippen molar-refractivity contribution < 1.29 is 27.5 Å². The predicted molar refractivity (Wildman–Crippen MR) is 122 cm³/mol. The summed E-state index contributed by atoms with van der Waals surface area (Å²) >= 11 is 0. The number of nitrogens with one attached hydrogen (secondary N) is 1. The number of nitrogens with two attached hydrogens (primary N) is 1. The summed E-state index contributed by atoms with van der Waals surface area (Å²) in [4.78, 5) is 23.4. The first kappa shape index (κ1) is 24.9. The Morgan fingerprint density at radius 2 is 1.72 bits per heavy atom. The molecule has 0 unspecified atom stereocenters. The van der Waals surface area contributed by atoms with Crippen LogP contribution in [0.15, 0.2) is 53.4 Å². The first-order chi connectivity index (χ1) is 15.2. The standard InChI is InChI=1S/C22H27N3O6S/c1-4-25(5-2)32(28,29)18-10-6-16(7-11-18)8-13-22(27)24-17-9-12-19(30-3)20(14-17)31-15-21(23)26/h6-14H,4-5,15H2,1-3H3,(H2,23,26)(H,24,27)/b13-8+. The normalized spacial score (nSPS) is 11.5. The van der Waals surface area contributed by atoms with Crippen LogP contribution in [0, 0.1) is 0 Å². The van der Waals surface area contributed by atoms with E-state index in [4.69, 9.17) is 15.2 Å². The van der Waals surface area contributed by atoms with Gasteiger partial charge >= 0.3 is 0 Å². The lowest BCUT2D eigenvalue weighted by Crippen LogP contribution is -2.30. The Labute approximate surface area is 187 Å². The van der Waals surface area contributed by atoms with Gasteiger partial charge in [-0.3, -0.25) is 9.59 Å². The second kappa shape index (κ2) is 11.3. The van der Waals surface area contributed by atoms with Crippen molar-refractivity contribution in [2.24, 2.45) is 5.73 Å². The Morgan fingerprint density at radius 3 is 2.28 bits per heavy atom. The molecule has 0 radical (unpaired) electrons. The van der Waals surface area contributed by atoms with Crippen molar-refractivity contribution in [3.8, 4) is 11.5 Å². The minimum atomic E-state index is -3.53. The summed E-state index contributed by atoms with van der Waals surface area (Å²) < 4.78 is 36.9. The van der Waals surface area contributed by atoms with Crippen molar-refractivity contribution in [1.82, 2.24) is 4.31 Å². The van der Waals surface area contributed by atoms with Crippen molar-refractivity contribution in [1.29, 1.82) is 0 Å². The maximum Gasteiger partial charge on any atom is 0.255 e. The fourth-order valence-corrected chi connectivity index (χ4v) is 4.29. The van der Waals surface area contributed by atoms with Crippen LogP contribution in [0.4, 0.5) is 5.69 Å². The molecule has 172 valence electrons. The molecule has 0 saturated carbocycles. The van der Waals surface area contributed by atoms with Crippen molar-refractivity contribution in [2.75, 3.05) is 32.1 Å². The number of methoxy groups -OCH3 is 1. The average Bonchev–Trinajstić information content (AvgIpc) is 2.77. The van der Waals surface area contributed by atoms with Crippen LogP contribution < -0.4 is 20.5 Å². The Hall–Kier alpha value is -3.37. The zero-order chi connectivity index (χ0) is 23.7. The molecule has 2 aromatic carbocycles. The topological polar surface area (TPSA) is 128 Å². The number of ether oxygens (including phenoxy) is 2. The molecule has 0 aromatic heterocycles. The molecule has 2 rings (SSSR count). The smallest absolute Gasteiger partial charge is 0.255 e. The van der Waals surface area contributed by atoms with E-state index in [-0.39, 0.29) is 17.3 Å². The summed E-state index contributed by atoms with van der Waals surface area (Å²) in [6.07, 6.45) is 2.89. The molecular formula is C22H27N3O6S. The number of primary amides is 1. The third-order valence-corrected chi connectivity index (χ3v) is 6.52. The summed E-state index contributed by atoms with van der Waals surface area (Å²) in [5, 5.41) is 2.68. The van der Waals surface area contributed by atoms with Gasteiger partial charge in [0.1, 0.15) is 0 Å². The highest BCUT2D eigenvalue weighted by Gasteiger charge is 2.20. The fraction of sp³-hybridized carbons (Fsp3) is 0.273. The highest BCUT2D eigenvalue weighted by Crippen LogP contribution is 2.30. The van der Waals surface area contributed by atoms with Crippen molar-refractivity contribution in [2.45, 2.75) is 18.7 Å². The van der Waals surface area contributed by atoms with Gasteiger partial charge in [-0.2, -0.15) is 4.31 Å². The number of anilines is 1. The van der Waals surface area contributed by atoms with Gasteiger partial charge in [0.2, 0.25) is 15.9 Å². The van der Waals surface area contributed by atoms with Crippen LogP contribution in [-0.2, 0) is 19.6 Å².